The second-order valence-electron chi connectivity index (χ2n) is 6.25. The summed E-state index contributed by atoms with van der Waals surface area (Å²) < 4.78 is 19.4. The predicted octanol–water partition coefficient (Wildman–Crippen LogP) is 2.86. The molecule has 1 N–H and O–H groups in total. The first kappa shape index (κ1) is 14.8. The summed E-state index contributed by atoms with van der Waals surface area (Å²) in [6, 6.07) is 1.17. The van der Waals surface area contributed by atoms with Crippen LogP contribution in [0.1, 0.15) is 19.3 Å². The van der Waals surface area contributed by atoms with Gasteiger partial charge in [-0.25, -0.2) is 14.8 Å². The molecule has 0 bridgehead atoms. The lowest BCUT2D eigenvalue weighted by Crippen LogP contribution is -2.38. The van der Waals surface area contributed by atoms with E-state index in [2.05, 4.69) is 15.3 Å². The molecule has 0 unspecified atom stereocenters. The van der Waals surface area contributed by atoms with E-state index < -0.39 is 5.95 Å². The molecular weight excluding hydrogens is 319 g/mol. The third-order valence-corrected chi connectivity index (χ3v) is 5.52. The number of aromatic nitrogens is 2. The van der Waals surface area contributed by atoms with E-state index in [0.29, 0.717) is 15.3 Å². The number of rotatable bonds is 1. The Bertz CT molecular complexity index is 744. The van der Waals surface area contributed by atoms with E-state index in [4.69, 9.17) is 4.74 Å². The fourth-order valence-corrected chi connectivity index (χ4v) is 4.22. The van der Waals surface area contributed by atoms with Crippen LogP contribution in [0.5, 0.6) is 0 Å². The number of pyridine rings is 1. The van der Waals surface area contributed by atoms with Gasteiger partial charge in [0, 0.05) is 31.2 Å². The number of hydrogen-bond acceptors (Lipinski definition) is 5. The standard InChI is InChI=1S/C15H17FN4O2S/c16-12-6-11-10(7-17-12)18-13(23-11)19-14(21)20-4-3-15(8-20)2-1-5-22-9-15/h6-7H,1-5,8-9H2,(H,18,19,21)/t15-/m1/s1. The van der Waals surface area contributed by atoms with Crippen LogP contribution in [0, 0.1) is 11.4 Å². The maximum atomic E-state index is 13.1. The molecule has 2 aromatic rings. The van der Waals surface area contributed by atoms with Gasteiger partial charge in [-0.05, 0) is 19.3 Å². The lowest BCUT2D eigenvalue weighted by molar-refractivity contribution is -0.000213. The first-order valence-electron chi connectivity index (χ1n) is 7.69. The molecule has 0 aromatic carbocycles. The molecule has 1 atom stereocenters. The molecule has 2 fully saturated rings. The zero-order valence-electron chi connectivity index (χ0n) is 12.5. The number of fused-ring (bicyclic) bond motifs is 1. The Morgan fingerprint density at radius 1 is 1.48 bits per heavy atom. The third-order valence-electron chi connectivity index (χ3n) is 4.58. The van der Waals surface area contributed by atoms with Gasteiger partial charge in [-0.1, -0.05) is 11.3 Å². The van der Waals surface area contributed by atoms with Crippen LogP contribution in [0.15, 0.2) is 12.3 Å². The van der Waals surface area contributed by atoms with Gasteiger partial charge in [0.15, 0.2) is 5.13 Å². The van der Waals surface area contributed by atoms with Gasteiger partial charge in [0.1, 0.15) is 5.52 Å². The van der Waals surface area contributed by atoms with Gasteiger partial charge in [-0.2, -0.15) is 4.39 Å². The maximum absolute atomic E-state index is 13.1. The van der Waals surface area contributed by atoms with Crippen molar-refractivity contribution in [1.82, 2.24) is 14.9 Å². The topological polar surface area (TPSA) is 67.4 Å². The summed E-state index contributed by atoms with van der Waals surface area (Å²) in [5.74, 6) is -0.544. The normalized spacial score (nSPS) is 24.5. The van der Waals surface area contributed by atoms with Crippen molar-refractivity contribution in [3.63, 3.8) is 0 Å². The zero-order valence-corrected chi connectivity index (χ0v) is 13.4. The van der Waals surface area contributed by atoms with E-state index in [9.17, 15) is 9.18 Å². The zero-order chi connectivity index (χ0) is 15.9. The number of ether oxygens (including phenoxy) is 1. The number of anilines is 1. The van der Waals surface area contributed by atoms with Crippen LogP contribution in [0.4, 0.5) is 14.3 Å². The molecule has 122 valence electrons. The van der Waals surface area contributed by atoms with E-state index in [0.717, 1.165) is 45.6 Å². The maximum Gasteiger partial charge on any atom is 0.323 e. The quantitative estimate of drug-likeness (QED) is 0.813. The number of halogens is 1. The Morgan fingerprint density at radius 2 is 2.39 bits per heavy atom. The Kier molecular flexibility index (Phi) is 3.65. The van der Waals surface area contributed by atoms with E-state index in [1.165, 1.54) is 23.6 Å². The van der Waals surface area contributed by atoms with Crippen LogP contribution in [0.3, 0.4) is 0 Å². The smallest absolute Gasteiger partial charge is 0.323 e. The van der Waals surface area contributed by atoms with Crippen molar-refractivity contribution in [3.05, 3.63) is 18.2 Å². The molecule has 2 aliphatic heterocycles. The summed E-state index contributed by atoms with van der Waals surface area (Å²) in [6.45, 7) is 3.02. The molecule has 2 amide bonds. The van der Waals surface area contributed by atoms with Gasteiger partial charge in [-0.3, -0.25) is 5.32 Å². The van der Waals surface area contributed by atoms with E-state index >= 15 is 0 Å². The van der Waals surface area contributed by atoms with E-state index in [1.807, 2.05) is 4.90 Å². The highest BCUT2D eigenvalue weighted by atomic mass is 32.1. The number of nitrogens with zero attached hydrogens (tertiary/aromatic N) is 3. The molecule has 4 rings (SSSR count). The highest BCUT2D eigenvalue weighted by Gasteiger charge is 2.41. The molecular formula is C15H17FN4O2S. The average molecular weight is 336 g/mol. The molecule has 1 spiro atoms. The van der Waals surface area contributed by atoms with Crippen LogP contribution >= 0.6 is 11.3 Å². The summed E-state index contributed by atoms with van der Waals surface area (Å²) in [4.78, 5) is 22.1. The van der Waals surface area contributed by atoms with Crippen molar-refractivity contribution in [3.8, 4) is 0 Å². The first-order valence-corrected chi connectivity index (χ1v) is 8.51. The number of carbonyl (C=O) groups excluding carboxylic acids is 1. The lowest BCUT2D eigenvalue weighted by atomic mass is 9.82. The molecule has 8 heteroatoms. The fraction of sp³-hybridized carbons (Fsp3) is 0.533. The summed E-state index contributed by atoms with van der Waals surface area (Å²) >= 11 is 1.25. The van der Waals surface area contributed by atoms with Gasteiger partial charge >= 0.3 is 6.03 Å². The molecule has 6 nitrogen and oxygen atoms in total. The number of amides is 2. The van der Waals surface area contributed by atoms with Crippen LogP contribution in [-0.4, -0.2) is 47.2 Å². The van der Waals surface area contributed by atoms with Gasteiger partial charge in [0.2, 0.25) is 5.95 Å². The van der Waals surface area contributed by atoms with Crippen molar-refractivity contribution in [1.29, 1.82) is 0 Å². The molecule has 0 radical (unpaired) electrons. The molecule has 4 heterocycles. The second kappa shape index (κ2) is 5.68. The van der Waals surface area contributed by atoms with E-state index in [1.54, 1.807) is 0 Å². The van der Waals surface area contributed by atoms with Gasteiger partial charge in [0.25, 0.3) is 0 Å². The van der Waals surface area contributed by atoms with Crippen LogP contribution in [0.2, 0.25) is 0 Å². The Balaban J connectivity index is 1.45. The van der Waals surface area contributed by atoms with Crippen molar-refractivity contribution in [2.24, 2.45) is 5.41 Å². The van der Waals surface area contributed by atoms with Crippen molar-refractivity contribution in [2.45, 2.75) is 19.3 Å². The first-order chi connectivity index (χ1) is 11.1. The number of hydrogen-bond donors (Lipinski definition) is 1. The van der Waals surface area contributed by atoms with Crippen molar-refractivity contribution >= 4 is 32.7 Å². The van der Waals surface area contributed by atoms with Crippen molar-refractivity contribution in [2.75, 3.05) is 31.6 Å². The Hall–Kier alpha value is -1.80. The Morgan fingerprint density at radius 3 is 3.22 bits per heavy atom. The summed E-state index contributed by atoms with van der Waals surface area (Å²) in [7, 11) is 0. The predicted molar refractivity (Wildman–Crippen MR) is 85.1 cm³/mol. The highest BCUT2D eigenvalue weighted by molar-refractivity contribution is 7.22. The van der Waals surface area contributed by atoms with Gasteiger partial charge in [0.05, 0.1) is 17.5 Å². The third kappa shape index (κ3) is 2.88. The molecule has 0 saturated carbocycles. The molecule has 23 heavy (non-hydrogen) atoms. The second-order valence-corrected chi connectivity index (χ2v) is 7.28. The summed E-state index contributed by atoms with van der Waals surface area (Å²) in [5, 5.41) is 3.29. The lowest BCUT2D eigenvalue weighted by Gasteiger charge is -2.32. The van der Waals surface area contributed by atoms with Crippen LogP contribution < -0.4 is 5.32 Å². The minimum atomic E-state index is -0.544. The van der Waals surface area contributed by atoms with Gasteiger partial charge in [-0.15, -0.1) is 0 Å². The van der Waals surface area contributed by atoms with Crippen molar-refractivity contribution < 1.29 is 13.9 Å². The number of carbonyl (C=O) groups is 1. The summed E-state index contributed by atoms with van der Waals surface area (Å²) in [6.07, 6.45) is 4.53. The van der Waals surface area contributed by atoms with Crippen LogP contribution in [0.25, 0.3) is 10.2 Å². The number of thiazole rings is 1. The monoisotopic (exact) mass is 336 g/mol. The number of likely N-dealkylation sites (tertiary alicyclic amines) is 1. The fourth-order valence-electron chi connectivity index (χ4n) is 3.37. The number of urea groups is 1. The molecule has 2 saturated heterocycles. The minimum absolute atomic E-state index is 0.121. The number of nitrogens with one attached hydrogen (secondary N) is 1. The van der Waals surface area contributed by atoms with Crippen LogP contribution in [-0.2, 0) is 4.74 Å². The Labute approximate surface area is 136 Å². The average Bonchev–Trinajstić information content (AvgIpc) is 3.12. The molecule has 2 aromatic heterocycles. The highest BCUT2D eigenvalue weighted by Crippen LogP contribution is 2.38. The SMILES string of the molecule is O=C(Nc1nc2cnc(F)cc2s1)N1CC[C@]2(CCCOC2)C1. The summed E-state index contributed by atoms with van der Waals surface area (Å²) in [5.41, 5.74) is 0.709. The van der Waals surface area contributed by atoms with Gasteiger partial charge < -0.3 is 9.64 Å². The van der Waals surface area contributed by atoms with E-state index in [-0.39, 0.29) is 11.4 Å². The largest absolute Gasteiger partial charge is 0.381 e. The molecule has 0 aliphatic carbocycles. The minimum Gasteiger partial charge on any atom is -0.381 e. The molecule has 2 aliphatic rings.